The summed E-state index contributed by atoms with van der Waals surface area (Å²) < 4.78 is 0. The Labute approximate surface area is 124 Å². The summed E-state index contributed by atoms with van der Waals surface area (Å²) in [5.41, 5.74) is 1.52. The molecule has 2 nitrogen and oxygen atoms in total. The lowest BCUT2D eigenvalue weighted by molar-refractivity contribution is 0.546. The Morgan fingerprint density at radius 2 is 2.35 bits per heavy atom. The van der Waals surface area contributed by atoms with Crippen LogP contribution in [0.4, 0.5) is 0 Å². The van der Waals surface area contributed by atoms with Gasteiger partial charge in [-0.05, 0) is 50.0 Å². The van der Waals surface area contributed by atoms with Crippen molar-refractivity contribution >= 4 is 11.6 Å². The first-order valence-electron chi connectivity index (χ1n) is 7.51. The molecule has 2 fully saturated rings. The van der Waals surface area contributed by atoms with Crippen molar-refractivity contribution in [1.82, 2.24) is 9.97 Å². The minimum atomic E-state index is -0.123. The summed E-state index contributed by atoms with van der Waals surface area (Å²) in [4.78, 5) is 7.82. The van der Waals surface area contributed by atoms with E-state index >= 15 is 0 Å². The van der Waals surface area contributed by atoms with Gasteiger partial charge in [0.05, 0.1) is 5.41 Å². The molecule has 0 radical (unpaired) electrons. The topological polar surface area (TPSA) is 28.7 Å². The Bertz CT molecular complexity index is 597. The monoisotopic (exact) mass is 286 g/mol. The molecule has 3 aliphatic carbocycles. The summed E-state index contributed by atoms with van der Waals surface area (Å²) in [6.45, 7) is 0. The molecule has 1 aromatic rings. The highest BCUT2D eigenvalue weighted by atomic mass is 35.5. The van der Waals surface area contributed by atoms with Crippen molar-refractivity contribution in [2.45, 2.75) is 37.5 Å². The molecule has 3 atom stereocenters. The van der Waals surface area contributed by atoms with Crippen LogP contribution >= 0.6 is 11.6 Å². The molecule has 4 rings (SSSR count). The predicted octanol–water partition coefficient (Wildman–Crippen LogP) is 4.48. The molecule has 0 aromatic carbocycles. The normalized spacial score (nSPS) is 37.6. The van der Waals surface area contributed by atoms with Crippen molar-refractivity contribution < 1.29 is 0 Å². The van der Waals surface area contributed by atoms with Crippen LogP contribution in [-0.4, -0.2) is 9.97 Å². The molecule has 0 spiro atoms. The molecule has 1 heterocycles. The van der Waals surface area contributed by atoms with Gasteiger partial charge in [0, 0.05) is 17.4 Å². The summed E-state index contributed by atoms with van der Waals surface area (Å²) in [5, 5.41) is 0.832. The minimum absolute atomic E-state index is 0.123. The van der Waals surface area contributed by atoms with E-state index in [4.69, 9.17) is 11.6 Å². The van der Waals surface area contributed by atoms with Crippen molar-refractivity contribution in [1.29, 1.82) is 0 Å². The van der Waals surface area contributed by atoms with E-state index in [1.165, 1.54) is 25.7 Å². The van der Waals surface area contributed by atoms with Crippen molar-refractivity contribution in [3.63, 3.8) is 0 Å². The standard InChI is InChI=1S/C17H19ClN2/c18-15-3-5-17(6-4-15,16-19-7-8-20-16)11-14-10-12-1-2-13(14)9-12/h3-5,7-8,11-13H,1-2,6,9-10H2,(H,19,20). The maximum Gasteiger partial charge on any atom is 0.120 e. The third kappa shape index (κ3) is 1.98. The largest absolute Gasteiger partial charge is 0.348 e. The Hall–Kier alpha value is -1.28. The van der Waals surface area contributed by atoms with Crippen LogP contribution in [0.3, 0.4) is 0 Å². The number of nitrogens with zero attached hydrogens (tertiary/aromatic N) is 1. The van der Waals surface area contributed by atoms with Gasteiger partial charge >= 0.3 is 0 Å². The number of rotatable bonds is 2. The summed E-state index contributed by atoms with van der Waals surface area (Å²) in [5.74, 6) is 2.79. The number of halogens is 1. The number of aromatic amines is 1. The molecular formula is C17H19ClN2. The Kier molecular flexibility index (Phi) is 2.88. The average molecular weight is 287 g/mol. The smallest absolute Gasteiger partial charge is 0.120 e. The first-order chi connectivity index (χ1) is 9.75. The lowest BCUT2D eigenvalue weighted by atomic mass is 9.77. The van der Waals surface area contributed by atoms with E-state index in [1.54, 1.807) is 5.57 Å². The molecule has 104 valence electrons. The van der Waals surface area contributed by atoms with Gasteiger partial charge in [0.25, 0.3) is 0 Å². The summed E-state index contributed by atoms with van der Waals surface area (Å²) >= 11 is 6.11. The van der Waals surface area contributed by atoms with Gasteiger partial charge in [-0.15, -0.1) is 0 Å². The maximum atomic E-state index is 6.11. The number of imidazole rings is 1. The minimum Gasteiger partial charge on any atom is -0.348 e. The summed E-state index contributed by atoms with van der Waals surface area (Å²) in [6, 6.07) is 0. The molecule has 0 amide bonds. The summed E-state index contributed by atoms with van der Waals surface area (Å²) in [6.07, 6.45) is 19.0. The SMILES string of the molecule is ClC1=CCC(C=C2CC3CCC2C3)(c2ncc[nH]2)C=C1. The van der Waals surface area contributed by atoms with E-state index in [0.717, 1.165) is 29.1 Å². The molecule has 2 saturated carbocycles. The average Bonchev–Trinajstić information content (AvgIpc) is 3.18. The third-order valence-corrected chi connectivity index (χ3v) is 5.43. The first kappa shape index (κ1) is 12.5. The zero-order valence-corrected chi connectivity index (χ0v) is 12.2. The van der Waals surface area contributed by atoms with Crippen LogP contribution in [0.5, 0.6) is 0 Å². The number of nitrogens with one attached hydrogen (secondary N) is 1. The zero-order chi connectivity index (χ0) is 13.6. The number of aromatic nitrogens is 2. The second kappa shape index (κ2) is 4.63. The Morgan fingerprint density at radius 3 is 2.95 bits per heavy atom. The highest BCUT2D eigenvalue weighted by Gasteiger charge is 2.39. The highest BCUT2D eigenvalue weighted by molar-refractivity contribution is 6.31. The fraction of sp³-hybridized carbons (Fsp3) is 0.471. The van der Waals surface area contributed by atoms with Crippen LogP contribution in [0.2, 0.25) is 0 Å². The zero-order valence-electron chi connectivity index (χ0n) is 11.5. The lowest BCUT2D eigenvalue weighted by Crippen LogP contribution is -2.25. The fourth-order valence-electron chi connectivity index (χ4n) is 4.11. The van der Waals surface area contributed by atoms with Crippen LogP contribution in [0.25, 0.3) is 0 Å². The lowest BCUT2D eigenvalue weighted by Gasteiger charge is -2.29. The molecule has 3 heteroatoms. The molecule has 0 saturated heterocycles. The molecule has 20 heavy (non-hydrogen) atoms. The van der Waals surface area contributed by atoms with Crippen LogP contribution in [0, 0.1) is 11.8 Å². The molecule has 3 unspecified atom stereocenters. The second-order valence-electron chi connectivity index (χ2n) is 6.40. The van der Waals surface area contributed by atoms with Gasteiger partial charge in [-0.25, -0.2) is 4.98 Å². The molecule has 3 aliphatic rings. The molecular weight excluding hydrogens is 268 g/mol. The van der Waals surface area contributed by atoms with Gasteiger partial charge in [-0.2, -0.15) is 0 Å². The highest BCUT2D eigenvalue weighted by Crippen LogP contribution is 2.50. The van der Waals surface area contributed by atoms with E-state index < -0.39 is 0 Å². The van der Waals surface area contributed by atoms with E-state index in [1.807, 2.05) is 18.5 Å². The van der Waals surface area contributed by atoms with Crippen LogP contribution < -0.4 is 0 Å². The van der Waals surface area contributed by atoms with Gasteiger partial charge < -0.3 is 4.98 Å². The van der Waals surface area contributed by atoms with Crippen molar-refractivity contribution in [2.24, 2.45) is 11.8 Å². The number of hydrogen-bond acceptors (Lipinski definition) is 1. The van der Waals surface area contributed by atoms with Gasteiger partial charge in [0.15, 0.2) is 0 Å². The first-order valence-corrected chi connectivity index (χ1v) is 7.89. The molecule has 1 N–H and O–H groups in total. The Morgan fingerprint density at radius 1 is 1.40 bits per heavy atom. The molecule has 2 bridgehead atoms. The Balaban J connectivity index is 1.74. The van der Waals surface area contributed by atoms with Gasteiger partial charge in [-0.3, -0.25) is 0 Å². The van der Waals surface area contributed by atoms with E-state index in [0.29, 0.717) is 0 Å². The van der Waals surface area contributed by atoms with E-state index in [2.05, 4.69) is 28.2 Å². The van der Waals surface area contributed by atoms with E-state index in [9.17, 15) is 0 Å². The number of fused-ring (bicyclic) bond motifs is 2. The fourth-order valence-corrected chi connectivity index (χ4v) is 4.25. The predicted molar refractivity (Wildman–Crippen MR) is 81.5 cm³/mol. The quantitative estimate of drug-likeness (QED) is 0.798. The number of hydrogen-bond donors (Lipinski definition) is 1. The van der Waals surface area contributed by atoms with Crippen molar-refractivity contribution in [2.75, 3.05) is 0 Å². The summed E-state index contributed by atoms with van der Waals surface area (Å²) in [7, 11) is 0. The second-order valence-corrected chi connectivity index (χ2v) is 6.84. The molecule has 1 aromatic heterocycles. The number of H-pyrrole nitrogens is 1. The number of allylic oxidation sites excluding steroid dienone is 6. The third-order valence-electron chi connectivity index (χ3n) is 5.15. The molecule has 0 aliphatic heterocycles. The van der Waals surface area contributed by atoms with E-state index in [-0.39, 0.29) is 5.41 Å². The van der Waals surface area contributed by atoms with Crippen LogP contribution in [0.15, 0.2) is 47.3 Å². The van der Waals surface area contributed by atoms with Gasteiger partial charge in [0.1, 0.15) is 5.82 Å². The van der Waals surface area contributed by atoms with Gasteiger partial charge in [0.2, 0.25) is 0 Å². The maximum absolute atomic E-state index is 6.11. The van der Waals surface area contributed by atoms with Crippen LogP contribution in [0.1, 0.15) is 37.9 Å². The van der Waals surface area contributed by atoms with Crippen LogP contribution in [-0.2, 0) is 5.41 Å². The van der Waals surface area contributed by atoms with Crippen molar-refractivity contribution in [3.05, 3.63) is 53.1 Å². The van der Waals surface area contributed by atoms with Crippen molar-refractivity contribution in [3.8, 4) is 0 Å². The van der Waals surface area contributed by atoms with Gasteiger partial charge in [-0.1, -0.05) is 35.4 Å².